The SMILES string of the molecule is CCc1ccsc1[C@@H]1C[C@H]1C(=O)O. The summed E-state index contributed by atoms with van der Waals surface area (Å²) >= 11 is 1.70. The molecule has 1 aromatic rings. The molecule has 1 aliphatic rings. The van der Waals surface area contributed by atoms with Gasteiger partial charge < -0.3 is 5.11 Å². The molecule has 0 aromatic carbocycles. The zero-order valence-electron chi connectivity index (χ0n) is 7.49. The largest absolute Gasteiger partial charge is 0.481 e. The fourth-order valence-electron chi connectivity index (χ4n) is 1.72. The average Bonchev–Trinajstić information content (AvgIpc) is 2.77. The zero-order valence-corrected chi connectivity index (χ0v) is 8.30. The van der Waals surface area contributed by atoms with Gasteiger partial charge in [-0.3, -0.25) is 4.79 Å². The van der Waals surface area contributed by atoms with E-state index >= 15 is 0 Å². The van der Waals surface area contributed by atoms with Crippen molar-refractivity contribution in [1.82, 2.24) is 0 Å². The van der Waals surface area contributed by atoms with E-state index in [9.17, 15) is 4.79 Å². The van der Waals surface area contributed by atoms with Crippen LogP contribution in [0.5, 0.6) is 0 Å². The molecule has 0 saturated heterocycles. The van der Waals surface area contributed by atoms with Crippen molar-refractivity contribution in [2.45, 2.75) is 25.7 Å². The Hall–Kier alpha value is -0.830. The van der Waals surface area contributed by atoms with Crippen LogP contribution < -0.4 is 0 Å². The molecule has 2 nitrogen and oxygen atoms in total. The van der Waals surface area contributed by atoms with E-state index in [1.165, 1.54) is 10.4 Å². The van der Waals surface area contributed by atoms with Crippen molar-refractivity contribution in [3.05, 3.63) is 21.9 Å². The van der Waals surface area contributed by atoms with Crippen LogP contribution in [0.3, 0.4) is 0 Å². The van der Waals surface area contributed by atoms with Gasteiger partial charge in [0, 0.05) is 10.8 Å². The van der Waals surface area contributed by atoms with Crippen LogP contribution in [0.2, 0.25) is 0 Å². The summed E-state index contributed by atoms with van der Waals surface area (Å²) in [5, 5.41) is 10.9. The third-order valence-electron chi connectivity index (χ3n) is 2.61. The quantitative estimate of drug-likeness (QED) is 0.806. The van der Waals surface area contributed by atoms with Gasteiger partial charge in [-0.25, -0.2) is 0 Å². The first kappa shape index (κ1) is 8.75. The highest BCUT2D eigenvalue weighted by molar-refractivity contribution is 7.10. The molecule has 0 radical (unpaired) electrons. The molecule has 0 bridgehead atoms. The van der Waals surface area contributed by atoms with E-state index in [1.807, 2.05) is 0 Å². The summed E-state index contributed by atoms with van der Waals surface area (Å²) in [7, 11) is 0. The van der Waals surface area contributed by atoms with E-state index in [0.717, 1.165) is 12.8 Å². The van der Waals surface area contributed by atoms with Crippen LogP contribution in [-0.2, 0) is 11.2 Å². The molecule has 0 aliphatic heterocycles. The maximum absolute atomic E-state index is 10.7. The first-order valence-corrected chi connectivity index (χ1v) is 5.41. The Morgan fingerprint density at radius 1 is 1.77 bits per heavy atom. The normalized spacial score (nSPS) is 25.9. The summed E-state index contributed by atoms with van der Waals surface area (Å²) in [6, 6.07) is 2.11. The van der Waals surface area contributed by atoms with Crippen LogP contribution in [0.15, 0.2) is 11.4 Å². The highest BCUT2D eigenvalue weighted by Crippen LogP contribution is 2.50. The highest BCUT2D eigenvalue weighted by atomic mass is 32.1. The number of carbonyl (C=O) groups is 1. The second kappa shape index (κ2) is 3.14. The molecule has 1 heterocycles. The molecule has 1 fully saturated rings. The van der Waals surface area contributed by atoms with E-state index in [4.69, 9.17) is 5.11 Å². The molecule has 1 aromatic heterocycles. The lowest BCUT2D eigenvalue weighted by molar-refractivity contribution is -0.138. The van der Waals surface area contributed by atoms with Crippen LogP contribution in [-0.4, -0.2) is 11.1 Å². The molecular formula is C10H12O2S. The number of carboxylic acids is 1. The number of hydrogen-bond acceptors (Lipinski definition) is 2. The second-order valence-electron chi connectivity index (χ2n) is 3.45. The number of aryl methyl sites for hydroxylation is 1. The molecule has 13 heavy (non-hydrogen) atoms. The van der Waals surface area contributed by atoms with Gasteiger partial charge in [0.25, 0.3) is 0 Å². The summed E-state index contributed by atoms with van der Waals surface area (Å²) in [6.45, 7) is 2.11. The minimum Gasteiger partial charge on any atom is -0.481 e. The third-order valence-corrected chi connectivity index (χ3v) is 3.70. The van der Waals surface area contributed by atoms with E-state index in [-0.39, 0.29) is 5.92 Å². The Morgan fingerprint density at radius 2 is 2.54 bits per heavy atom. The molecule has 70 valence electrons. The number of thiophene rings is 1. The Balaban J connectivity index is 2.15. The van der Waals surface area contributed by atoms with Crippen molar-refractivity contribution in [1.29, 1.82) is 0 Å². The lowest BCUT2D eigenvalue weighted by atomic mass is 10.1. The molecule has 0 amide bonds. The van der Waals surface area contributed by atoms with Crippen molar-refractivity contribution in [3.63, 3.8) is 0 Å². The van der Waals surface area contributed by atoms with Gasteiger partial charge in [0.1, 0.15) is 0 Å². The summed E-state index contributed by atoms with van der Waals surface area (Å²) < 4.78 is 0. The van der Waals surface area contributed by atoms with E-state index in [2.05, 4.69) is 18.4 Å². The predicted molar refractivity (Wildman–Crippen MR) is 52.2 cm³/mol. The van der Waals surface area contributed by atoms with Crippen LogP contribution in [0.4, 0.5) is 0 Å². The first-order valence-electron chi connectivity index (χ1n) is 4.53. The number of rotatable bonds is 3. The zero-order chi connectivity index (χ0) is 9.42. The summed E-state index contributed by atoms with van der Waals surface area (Å²) in [5.41, 5.74) is 1.33. The third kappa shape index (κ3) is 1.48. The van der Waals surface area contributed by atoms with Crippen molar-refractivity contribution in [2.24, 2.45) is 5.92 Å². The van der Waals surface area contributed by atoms with Gasteiger partial charge >= 0.3 is 5.97 Å². The highest BCUT2D eigenvalue weighted by Gasteiger charge is 2.45. The topological polar surface area (TPSA) is 37.3 Å². The van der Waals surface area contributed by atoms with Gasteiger partial charge in [-0.15, -0.1) is 11.3 Å². The lowest BCUT2D eigenvalue weighted by Gasteiger charge is -1.97. The average molecular weight is 196 g/mol. The van der Waals surface area contributed by atoms with Crippen LogP contribution >= 0.6 is 11.3 Å². The van der Waals surface area contributed by atoms with Crippen molar-refractivity contribution in [2.75, 3.05) is 0 Å². The van der Waals surface area contributed by atoms with Crippen LogP contribution in [0, 0.1) is 5.92 Å². The molecule has 3 heteroatoms. The Morgan fingerprint density at radius 3 is 3.08 bits per heavy atom. The fourth-order valence-corrected chi connectivity index (χ4v) is 2.90. The van der Waals surface area contributed by atoms with Gasteiger partial charge in [0.15, 0.2) is 0 Å². The molecule has 0 unspecified atom stereocenters. The lowest BCUT2D eigenvalue weighted by Crippen LogP contribution is -1.98. The first-order chi connectivity index (χ1) is 6.24. The van der Waals surface area contributed by atoms with Crippen molar-refractivity contribution < 1.29 is 9.90 Å². The minimum absolute atomic E-state index is 0.107. The molecule has 1 saturated carbocycles. The number of aliphatic carboxylic acids is 1. The number of hydrogen-bond donors (Lipinski definition) is 1. The van der Waals surface area contributed by atoms with Gasteiger partial charge in [0.2, 0.25) is 0 Å². The van der Waals surface area contributed by atoms with Crippen LogP contribution in [0.25, 0.3) is 0 Å². The fraction of sp³-hybridized carbons (Fsp3) is 0.500. The summed E-state index contributed by atoms with van der Waals surface area (Å²) in [5.74, 6) is -0.433. The standard InChI is InChI=1S/C10H12O2S/c1-2-6-3-4-13-9(6)7-5-8(7)10(11)12/h3-4,7-8H,2,5H2,1H3,(H,11,12)/t7-,8-/m1/s1. The maximum Gasteiger partial charge on any atom is 0.307 e. The van der Waals surface area contributed by atoms with Crippen LogP contribution in [0.1, 0.15) is 29.7 Å². The molecule has 2 atom stereocenters. The molecular weight excluding hydrogens is 184 g/mol. The monoisotopic (exact) mass is 196 g/mol. The molecule has 0 spiro atoms. The summed E-state index contributed by atoms with van der Waals surface area (Å²) in [4.78, 5) is 12.0. The minimum atomic E-state index is -0.638. The second-order valence-corrected chi connectivity index (χ2v) is 4.40. The Labute approximate surface area is 81.2 Å². The maximum atomic E-state index is 10.7. The van der Waals surface area contributed by atoms with Gasteiger partial charge in [-0.1, -0.05) is 6.92 Å². The Bertz CT molecular complexity index is 329. The van der Waals surface area contributed by atoms with Crippen molar-refractivity contribution >= 4 is 17.3 Å². The van der Waals surface area contributed by atoms with Gasteiger partial charge in [-0.2, -0.15) is 0 Å². The van der Waals surface area contributed by atoms with Gasteiger partial charge in [0.05, 0.1) is 5.92 Å². The van der Waals surface area contributed by atoms with E-state index in [0.29, 0.717) is 5.92 Å². The molecule has 1 N–H and O–H groups in total. The van der Waals surface area contributed by atoms with E-state index in [1.54, 1.807) is 11.3 Å². The van der Waals surface area contributed by atoms with Gasteiger partial charge in [-0.05, 0) is 29.9 Å². The predicted octanol–water partition coefficient (Wildman–Crippen LogP) is 2.50. The summed E-state index contributed by atoms with van der Waals surface area (Å²) in [6.07, 6.45) is 1.85. The smallest absolute Gasteiger partial charge is 0.307 e. The van der Waals surface area contributed by atoms with Crippen molar-refractivity contribution in [3.8, 4) is 0 Å². The van der Waals surface area contributed by atoms with E-state index < -0.39 is 5.97 Å². The molecule has 1 aliphatic carbocycles. The molecule has 2 rings (SSSR count). The Kier molecular flexibility index (Phi) is 2.12. The number of carboxylic acid groups (broad SMARTS) is 1.